The maximum absolute atomic E-state index is 13.2. The molecule has 0 atom stereocenters. The average Bonchev–Trinajstić information content (AvgIpc) is 2.34. The van der Waals surface area contributed by atoms with Gasteiger partial charge in [0.25, 0.3) is 5.69 Å². The molecule has 0 fully saturated rings. The van der Waals surface area contributed by atoms with Gasteiger partial charge in [0.2, 0.25) is 0 Å². The predicted molar refractivity (Wildman–Crippen MR) is 52.6 cm³/mol. The van der Waals surface area contributed by atoms with Crippen LogP contribution in [0.4, 0.5) is 37.7 Å². The number of benzene rings is 1. The number of halogens is 6. The Bertz CT molecular complexity index is 563. The smallest absolute Gasteiger partial charge is 0.312 e. The Balaban J connectivity index is 3.24. The highest BCUT2D eigenvalue weighted by atomic mass is 19.3. The second-order valence-electron chi connectivity index (χ2n) is 3.39. The van der Waals surface area contributed by atoms with E-state index in [9.17, 15) is 41.3 Å². The van der Waals surface area contributed by atoms with Gasteiger partial charge in [-0.3, -0.25) is 14.9 Å². The fourth-order valence-electron chi connectivity index (χ4n) is 1.11. The number of carbonyl (C=O) groups is 1. The van der Waals surface area contributed by atoms with Crippen molar-refractivity contribution < 1.29 is 36.1 Å². The minimum Gasteiger partial charge on any atom is -0.312 e. The fourth-order valence-corrected chi connectivity index (χ4v) is 1.11. The molecule has 0 aliphatic rings. The van der Waals surface area contributed by atoms with Crippen LogP contribution in [0.25, 0.3) is 0 Å². The number of alkyl halides is 4. The van der Waals surface area contributed by atoms with Crippen molar-refractivity contribution in [3.05, 3.63) is 33.9 Å². The van der Waals surface area contributed by atoms with E-state index >= 15 is 0 Å². The summed E-state index contributed by atoms with van der Waals surface area (Å²) >= 11 is 0. The van der Waals surface area contributed by atoms with Crippen LogP contribution in [0.3, 0.4) is 0 Å². The van der Waals surface area contributed by atoms with E-state index in [1.165, 1.54) is 0 Å². The first-order chi connectivity index (χ1) is 9.09. The summed E-state index contributed by atoms with van der Waals surface area (Å²) in [6.07, 6.45) is -4.42. The number of hydrogen-bond donors (Lipinski definition) is 1. The van der Waals surface area contributed by atoms with Crippen LogP contribution in [0.1, 0.15) is 0 Å². The van der Waals surface area contributed by atoms with E-state index in [1.807, 2.05) is 0 Å². The summed E-state index contributed by atoms with van der Waals surface area (Å²) < 4.78 is 75.2. The molecule has 20 heavy (non-hydrogen) atoms. The fraction of sp³-hybridized carbons (Fsp3) is 0.222. The van der Waals surface area contributed by atoms with Crippen molar-refractivity contribution in [3.8, 4) is 0 Å². The van der Waals surface area contributed by atoms with E-state index < -0.39 is 46.2 Å². The molecule has 0 heterocycles. The van der Waals surface area contributed by atoms with Gasteiger partial charge in [-0.2, -0.15) is 8.78 Å². The van der Waals surface area contributed by atoms with E-state index in [-0.39, 0.29) is 0 Å². The number of carbonyl (C=O) groups excluding carboxylic acids is 1. The van der Waals surface area contributed by atoms with Gasteiger partial charge in [-0.25, -0.2) is 17.6 Å². The summed E-state index contributed by atoms with van der Waals surface area (Å²) in [4.78, 5) is 20.0. The molecule has 0 saturated heterocycles. The molecule has 5 nitrogen and oxygen atoms in total. The molecular weight excluding hydrogens is 298 g/mol. The lowest BCUT2D eigenvalue weighted by Crippen LogP contribution is -2.41. The lowest BCUT2D eigenvalue weighted by atomic mass is 10.2. The molecule has 1 aromatic carbocycles. The molecule has 0 aliphatic heterocycles. The van der Waals surface area contributed by atoms with Gasteiger partial charge in [-0.15, -0.1) is 0 Å². The Labute approximate surface area is 106 Å². The van der Waals surface area contributed by atoms with Crippen LogP contribution in [-0.2, 0) is 4.79 Å². The standard InChI is InChI=1S/C9H4F6N2O3/c10-3-1-2-4(17(19)20)6(5(3)11)16-8(18)9(14,15)7(12)13/h1-2,7H,(H,16,18). The van der Waals surface area contributed by atoms with E-state index in [1.54, 1.807) is 0 Å². The summed E-state index contributed by atoms with van der Waals surface area (Å²) in [6, 6.07) is 0.697. The molecule has 110 valence electrons. The van der Waals surface area contributed by atoms with Crippen molar-refractivity contribution in [2.24, 2.45) is 0 Å². The van der Waals surface area contributed by atoms with Gasteiger partial charge in [0.15, 0.2) is 17.3 Å². The Morgan fingerprint density at radius 1 is 1.30 bits per heavy atom. The highest BCUT2D eigenvalue weighted by Crippen LogP contribution is 2.31. The van der Waals surface area contributed by atoms with Crippen molar-refractivity contribution >= 4 is 17.3 Å². The summed E-state index contributed by atoms with van der Waals surface area (Å²) in [5.41, 5.74) is -2.82. The zero-order valence-corrected chi connectivity index (χ0v) is 9.17. The molecule has 1 aromatic rings. The third kappa shape index (κ3) is 2.81. The van der Waals surface area contributed by atoms with E-state index in [2.05, 4.69) is 0 Å². The number of hydrogen-bond acceptors (Lipinski definition) is 3. The van der Waals surface area contributed by atoms with E-state index in [0.29, 0.717) is 12.1 Å². The highest BCUT2D eigenvalue weighted by Gasteiger charge is 2.49. The molecule has 0 radical (unpaired) electrons. The lowest BCUT2D eigenvalue weighted by molar-refractivity contribution is -0.384. The van der Waals surface area contributed by atoms with Crippen LogP contribution in [-0.4, -0.2) is 23.2 Å². The number of nitrogens with one attached hydrogen (secondary N) is 1. The first-order valence-electron chi connectivity index (χ1n) is 4.68. The van der Waals surface area contributed by atoms with Gasteiger partial charge in [-0.05, 0) is 6.07 Å². The van der Waals surface area contributed by atoms with Gasteiger partial charge < -0.3 is 5.32 Å². The van der Waals surface area contributed by atoms with Crippen molar-refractivity contribution in [2.45, 2.75) is 12.3 Å². The van der Waals surface area contributed by atoms with Crippen LogP contribution in [0.5, 0.6) is 0 Å². The largest absolute Gasteiger partial charge is 0.383 e. The van der Waals surface area contributed by atoms with Crippen molar-refractivity contribution in [1.82, 2.24) is 0 Å². The number of amides is 1. The molecule has 0 unspecified atom stereocenters. The monoisotopic (exact) mass is 302 g/mol. The van der Waals surface area contributed by atoms with Crippen LogP contribution in [0.15, 0.2) is 12.1 Å². The quantitative estimate of drug-likeness (QED) is 0.528. The van der Waals surface area contributed by atoms with E-state index in [4.69, 9.17) is 0 Å². The molecule has 0 aliphatic carbocycles. The van der Waals surface area contributed by atoms with Crippen molar-refractivity contribution in [3.63, 3.8) is 0 Å². The molecule has 0 aromatic heterocycles. The molecule has 1 amide bonds. The minimum absolute atomic E-state index is 0.314. The van der Waals surface area contributed by atoms with Crippen LogP contribution < -0.4 is 5.32 Å². The first kappa shape index (κ1) is 15.7. The topological polar surface area (TPSA) is 72.2 Å². The summed E-state index contributed by atoms with van der Waals surface area (Å²) in [6.45, 7) is 0. The third-order valence-electron chi connectivity index (χ3n) is 2.08. The zero-order valence-electron chi connectivity index (χ0n) is 9.17. The molecule has 1 rings (SSSR count). The molecule has 0 spiro atoms. The molecule has 0 bridgehead atoms. The average molecular weight is 302 g/mol. The van der Waals surface area contributed by atoms with Crippen molar-refractivity contribution in [1.29, 1.82) is 0 Å². The number of nitro benzene ring substituents is 1. The lowest BCUT2D eigenvalue weighted by Gasteiger charge is -2.15. The Morgan fingerprint density at radius 2 is 1.85 bits per heavy atom. The van der Waals surface area contributed by atoms with Crippen LogP contribution in [0.2, 0.25) is 0 Å². The number of rotatable bonds is 4. The SMILES string of the molecule is O=C(Nc1c([N+](=O)[O-])ccc(F)c1F)C(F)(F)C(F)F. The van der Waals surface area contributed by atoms with Gasteiger partial charge in [0, 0.05) is 6.07 Å². The summed E-state index contributed by atoms with van der Waals surface area (Å²) in [5, 5.41) is 11.4. The third-order valence-corrected chi connectivity index (χ3v) is 2.08. The van der Waals surface area contributed by atoms with Gasteiger partial charge in [0.1, 0.15) is 0 Å². The summed E-state index contributed by atoms with van der Waals surface area (Å²) in [7, 11) is 0. The number of nitro groups is 1. The Morgan fingerprint density at radius 3 is 2.30 bits per heavy atom. The van der Waals surface area contributed by atoms with Gasteiger partial charge in [-0.1, -0.05) is 0 Å². The predicted octanol–water partition coefficient (Wildman–Crippen LogP) is 2.71. The highest BCUT2D eigenvalue weighted by molar-refractivity contribution is 5.98. The Kier molecular flexibility index (Phi) is 4.20. The van der Waals surface area contributed by atoms with Gasteiger partial charge >= 0.3 is 18.3 Å². The van der Waals surface area contributed by atoms with Gasteiger partial charge in [0.05, 0.1) is 4.92 Å². The number of anilines is 1. The molecule has 0 saturated carbocycles. The molecular formula is C9H4F6N2O3. The first-order valence-corrected chi connectivity index (χ1v) is 4.68. The maximum Gasteiger partial charge on any atom is 0.383 e. The van der Waals surface area contributed by atoms with Crippen molar-refractivity contribution in [2.75, 3.05) is 5.32 Å². The minimum atomic E-state index is -5.22. The maximum atomic E-state index is 13.2. The zero-order chi connectivity index (χ0) is 15.7. The second-order valence-corrected chi connectivity index (χ2v) is 3.39. The van der Waals surface area contributed by atoms with Crippen LogP contribution in [0, 0.1) is 21.7 Å². The normalized spacial score (nSPS) is 11.6. The number of nitrogens with zero attached hydrogens (tertiary/aromatic N) is 1. The van der Waals surface area contributed by atoms with E-state index in [0.717, 1.165) is 5.32 Å². The molecule has 1 N–H and O–H groups in total. The second kappa shape index (κ2) is 5.35. The Hall–Kier alpha value is -2.33. The van der Waals surface area contributed by atoms with Crippen LogP contribution >= 0.6 is 0 Å². The summed E-state index contributed by atoms with van der Waals surface area (Å²) in [5.74, 6) is -11.6. The molecule has 11 heteroatoms.